The molecule has 0 bridgehead atoms. The molecule has 1 amide bonds. The number of hydrogen-bond acceptors (Lipinski definition) is 4. The Morgan fingerprint density at radius 3 is 2.61 bits per heavy atom. The first-order chi connectivity index (χ1) is 13.2. The van der Waals surface area contributed by atoms with Gasteiger partial charge in [0.25, 0.3) is 0 Å². The van der Waals surface area contributed by atoms with Crippen molar-refractivity contribution in [2.45, 2.75) is 18.2 Å². The highest BCUT2D eigenvalue weighted by Gasteiger charge is 2.20. The van der Waals surface area contributed by atoms with E-state index in [0.717, 1.165) is 20.8 Å². The van der Waals surface area contributed by atoms with Crippen LogP contribution in [-0.2, 0) is 21.2 Å². The van der Waals surface area contributed by atoms with Crippen LogP contribution in [0.4, 0.5) is 5.69 Å². The van der Waals surface area contributed by atoms with Gasteiger partial charge in [0.2, 0.25) is 15.9 Å². The molecule has 3 rings (SSSR count). The van der Waals surface area contributed by atoms with Crippen LogP contribution in [0.25, 0.3) is 10.9 Å². The summed E-state index contributed by atoms with van der Waals surface area (Å²) in [5, 5.41) is 3.70. The number of methoxy groups -OCH3 is 1. The first kappa shape index (κ1) is 19.9. The van der Waals surface area contributed by atoms with Crippen molar-refractivity contribution in [1.82, 2.24) is 9.29 Å². The van der Waals surface area contributed by atoms with Crippen molar-refractivity contribution < 1.29 is 17.9 Å². The minimum atomic E-state index is -3.59. The van der Waals surface area contributed by atoms with Gasteiger partial charge in [0.15, 0.2) is 0 Å². The van der Waals surface area contributed by atoms with E-state index in [4.69, 9.17) is 4.74 Å². The molecule has 0 aliphatic rings. The molecule has 3 aromatic rings. The Hall–Kier alpha value is -2.84. The Morgan fingerprint density at radius 1 is 1.18 bits per heavy atom. The Kier molecular flexibility index (Phi) is 5.44. The lowest BCUT2D eigenvalue weighted by Gasteiger charge is -2.15. The topological polar surface area (TPSA) is 91.5 Å². The van der Waals surface area contributed by atoms with E-state index in [-0.39, 0.29) is 17.2 Å². The number of aryl methyl sites for hydroxylation is 1. The van der Waals surface area contributed by atoms with E-state index in [0.29, 0.717) is 17.0 Å². The van der Waals surface area contributed by atoms with Crippen LogP contribution >= 0.6 is 0 Å². The van der Waals surface area contributed by atoms with Gasteiger partial charge in [0.05, 0.1) is 18.4 Å². The van der Waals surface area contributed by atoms with E-state index in [9.17, 15) is 13.2 Å². The molecule has 1 aromatic heterocycles. The lowest BCUT2D eigenvalue weighted by molar-refractivity contribution is -0.115. The van der Waals surface area contributed by atoms with Crippen LogP contribution in [0.5, 0.6) is 5.75 Å². The summed E-state index contributed by atoms with van der Waals surface area (Å²) in [5.74, 6) is 0.478. The van der Waals surface area contributed by atoms with Gasteiger partial charge in [-0.15, -0.1) is 0 Å². The van der Waals surface area contributed by atoms with Crippen LogP contribution in [0.3, 0.4) is 0 Å². The number of carbonyl (C=O) groups excluding carboxylic acids is 1. The number of carbonyl (C=O) groups is 1. The molecule has 0 atom stereocenters. The minimum absolute atomic E-state index is 0.150. The summed E-state index contributed by atoms with van der Waals surface area (Å²) < 4.78 is 31.3. The summed E-state index contributed by atoms with van der Waals surface area (Å²) in [6.07, 6.45) is 1.94. The molecular formula is C20H23N3O4S. The minimum Gasteiger partial charge on any atom is -0.497 e. The highest BCUT2D eigenvalue weighted by molar-refractivity contribution is 7.89. The van der Waals surface area contributed by atoms with Gasteiger partial charge in [-0.05, 0) is 48.4 Å². The number of nitrogens with one attached hydrogen (secondary N) is 2. The number of aromatic nitrogens is 1. The van der Waals surface area contributed by atoms with Gasteiger partial charge in [0.1, 0.15) is 5.75 Å². The van der Waals surface area contributed by atoms with Gasteiger partial charge < -0.3 is 15.0 Å². The third-order valence-electron chi connectivity index (χ3n) is 4.56. The molecule has 28 heavy (non-hydrogen) atoms. The molecule has 0 saturated carbocycles. The largest absolute Gasteiger partial charge is 0.497 e. The maximum Gasteiger partial charge on any atom is 0.242 e. The van der Waals surface area contributed by atoms with E-state index in [2.05, 4.69) is 10.3 Å². The van der Waals surface area contributed by atoms with Crippen LogP contribution in [0.15, 0.2) is 47.5 Å². The van der Waals surface area contributed by atoms with Crippen molar-refractivity contribution in [1.29, 1.82) is 0 Å². The summed E-state index contributed by atoms with van der Waals surface area (Å²) >= 11 is 0. The van der Waals surface area contributed by atoms with Crippen LogP contribution in [0.2, 0.25) is 0 Å². The second kappa shape index (κ2) is 7.65. The third kappa shape index (κ3) is 3.88. The lowest BCUT2D eigenvalue weighted by atomic mass is 10.1. The van der Waals surface area contributed by atoms with Crippen LogP contribution in [-0.4, -0.2) is 44.8 Å². The maximum absolute atomic E-state index is 12.5. The number of amides is 1. The maximum atomic E-state index is 12.5. The van der Waals surface area contributed by atoms with Crippen molar-refractivity contribution >= 4 is 32.5 Å². The van der Waals surface area contributed by atoms with Gasteiger partial charge >= 0.3 is 0 Å². The normalized spacial score (nSPS) is 11.8. The number of ether oxygens (including phenoxy) is 1. The third-order valence-corrected chi connectivity index (χ3v) is 6.51. The van der Waals surface area contributed by atoms with Gasteiger partial charge in [-0.3, -0.25) is 4.79 Å². The zero-order valence-corrected chi connectivity index (χ0v) is 17.1. The lowest BCUT2D eigenvalue weighted by Crippen LogP contribution is -2.23. The number of sulfonamides is 1. The van der Waals surface area contributed by atoms with Crippen LogP contribution in [0, 0.1) is 6.92 Å². The van der Waals surface area contributed by atoms with Crippen molar-refractivity contribution in [3.63, 3.8) is 0 Å². The second-order valence-electron chi connectivity index (χ2n) is 6.72. The number of nitrogens with zero attached hydrogens (tertiary/aromatic N) is 1. The van der Waals surface area contributed by atoms with E-state index >= 15 is 0 Å². The Morgan fingerprint density at radius 2 is 1.93 bits per heavy atom. The monoisotopic (exact) mass is 401 g/mol. The number of H-pyrrole nitrogens is 1. The molecule has 2 aromatic carbocycles. The number of benzene rings is 2. The molecule has 0 unspecified atom stereocenters. The average Bonchev–Trinajstić information content (AvgIpc) is 3.04. The van der Waals surface area contributed by atoms with Crippen molar-refractivity contribution in [3.8, 4) is 5.75 Å². The van der Waals surface area contributed by atoms with Gasteiger partial charge in [-0.2, -0.15) is 0 Å². The average molecular weight is 401 g/mol. The fourth-order valence-corrected chi connectivity index (χ4v) is 4.11. The predicted molar refractivity (Wildman–Crippen MR) is 109 cm³/mol. The number of hydrogen-bond donors (Lipinski definition) is 2. The fourth-order valence-electron chi connectivity index (χ4n) is 2.96. The summed E-state index contributed by atoms with van der Waals surface area (Å²) in [7, 11) is 0.960. The van der Waals surface area contributed by atoms with Crippen molar-refractivity contribution in [3.05, 3.63) is 53.7 Å². The fraction of sp³-hybridized carbons (Fsp3) is 0.250. The molecule has 0 radical (unpaired) electrons. The highest BCUT2D eigenvalue weighted by Crippen LogP contribution is 2.25. The summed E-state index contributed by atoms with van der Waals surface area (Å²) in [6, 6.07) is 10.5. The zero-order chi connectivity index (χ0) is 20.5. The quantitative estimate of drug-likeness (QED) is 0.664. The smallest absolute Gasteiger partial charge is 0.242 e. The van der Waals surface area contributed by atoms with Crippen molar-refractivity contribution in [2.24, 2.45) is 0 Å². The molecule has 1 heterocycles. The molecule has 0 saturated heterocycles. The molecule has 0 spiro atoms. The zero-order valence-electron chi connectivity index (χ0n) is 16.2. The Balaban J connectivity index is 1.83. The SMILES string of the molecule is COc1ccc2[nH]cc(CC(=O)Nc3ccc(C)c(S(=O)(=O)N(C)C)c3)c2c1. The molecular weight excluding hydrogens is 378 g/mol. The van der Waals surface area contributed by atoms with Crippen LogP contribution in [0.1, 0.15) is 11.1 Å². The van der Waals surface area contributed by atoms with Crippen molar-refractivity contribution in [2.75, 3.05) is 26.5 Å². The number of anilines is 1. The van der Waals surface area contributed by atoms with Gasteiger partial charge in [-0.25, -0.2) is 12.7 Å². The molecule has 0 aliphatic carbocycles. The Bertz CT molecular complexity index is 1130. The number of rotatable bonds is 6. The summed E-state index contributed by atoms with van der Waals surface area (Å²) in [4.78, 5) is 15.9. The van der Waals surface area contributed by atoms with E-state index in [1.807, 2.05) is 18.2 Å². The number of aromatic amines is 1. The molecule has 0 aliphatic heterocycles. The second-order valence-corrected chi connectivity index (χ2v) is 8.84. The highest BCUT2D eigenvalue weighted by atomic mass is 32.2. The first-order valence-corrected chi connectivity index (χ1v) is 10.1. The molecule has 0 fully saturated rings. The molecule has 7 nitrogen and oxygen atoms in total. The van der Waals surface area contributed by atoms with E-state index in [1.54, 1.807) is 32.4 Å². The summed E-state index contributed by atoms with van der Waals surface area (Å²) in [6.45, 7) is 1.72. The standard InChI is InChI=1S/C20H23N3O4S/c1-13-5-6-15(10-19(13)28(25,26)23(2)3)22-20(24)9-14-12-21-18-8-7-16(27-4)11-17(14)18/h5-8,10-12,21H,9H2,1-4H3,(H,22,24). The van der Waals surface area contributed by atoms with Crippen LogP contribution < -0.4 is 10.1 Å². The number of fused-ring (bicyclic) bond motifs is 1. The Labute approximate surface area is 164 Å². The predicted octanol–water partition coefficient (Wildman–Crippen LogP) is 2.92. The molecule has 148 valence electrons. The van der Waals surface area contributed by atoms with Gasteiger partial charge in [-0.1, -0.05) is 6.07 Å². The van der Waals surface area contributed by atoms with Gasteiger partial charge in [0, 0.05) is 36.9 Å². The van der Waals surface area contributed by atoms with E-state index < -0.39 is 10.0 Å². The molecule has 2 N–H and O–H groups in total. The first-order valence-electron chi connectivity index (χ1n) is 8.69. The van der Waals surface area contributed by atoms with E-state index in [1.165, 1.54) is 20.2 Å². The molecule has 8 heteroatoms. The summed E-state index contributed by atoms with van der Waals surface area (Å²) in [5.41, 5.74) is 2.81.